The Morgan fingerprint density at radius 3 is 2.54 bits per heavy atom. The molecule has 6 heteroatoms. The number of nitrogens with zero attached hydrogens (tertiary/aromatic N) is 2. The van der Waals surface area contributed by atoms with Gasteiger partial charge >= 0.3 is 5.97 Å². The van der Waals surface area contributed by atoms with Crippen molar-refractivity contribution in [3.8, 4) is 11.1 Å². The van der Waals surface area contributed by atoms with Crippen LogP contribution in [0.2, 0.25) is 0 Å². The number of aromatic nitrogens is 1. The zero-order chi connectivity index (χ0) is 16.7. The monoisotopic (exact) mass is 325 g/mol. The number of methoxy groups -OCH3 is 1. The van der Waals surface area contributed by atoms with Crippen molar-refractivity contribution in [1.29, 1.82) is 0 Å². The highest BCUT2D eigenvalue weighted by Crippen LogP contribution is 2.40. The first kappa shape index (κ1) is 15.0. The van der Waals surface area contributed by atoms with E-state index >= 15 is 0 Å². The molecule has 0 saturated carbocycles. The van der Waals surface area contributed by atoms with Crippen LogP contribution in [0.1, 0.15) is 10.4 Å². The topological polar surface area (TPSA) is 77.7 Å². The number of carbonyl (C=O) groups is 1. The third kappa shape index (κ3) is 2.39. The van der Waals surface area contributed by atoms with E-state index in [9.17, 15) is 4.79 Å². The highest BCUT2D eigenvalue weighted by molar-refractivity contribution is 5.95. The average molecular weight is 325 g/mol. The fourth-order valence-electron chi connectivity index (χ4n) is 3.29. The van der Waals surface area contributed by atoms with Crippen molar-refractivity contribution < 1.29 is 14.3 Å². The lowest BCUT2D eigenvalue weighted by Gasteiger charge is -2.56. The molecular formula is C18H19N3O3. The zero-order valence-electron chi connectivity index (χ0n) is 13.5. The van der Waals surface area contributed by atoms with Gasteiger partial charge in [-0.3, -0.25) is 0 Å². The second kappa shape index (κ2) is 5.49. The standard InChI is InChI=1S/C18H19N3O3/c1-23-17(22)15-6-13(7-20-16(15)19)12-2-4-14(5-3-12)21-8-18(9-21)10-24-11-18/h2-7H,8-11H2,1H3,(H2,19,20). The number of hydrogen-bond acceptors (Lipinski definition) is 6. The summed E-state index contributed by atoms with van der Waals surface area (Å²) in [4.78, 5) is 18.2. The van der Waals surface area contributed by atoms with Crippen molar-refractivity contribution in [2.45, 2.75) is 0 Å². The molecule has 6 nitrogen and oxygen atoms in total. The van der Waals surface area contributed by atoms with Crippen LogP contribution in [0.4, 0.5) is 11.5 Å². The molecule has 0 radical (unpaired) electrons. The molecule has 24 heavy (non-hydrogen) atoms. The van der Waals surface area contributed by atoms with Crippen LogP contribution >= 0.6 is 0 Å². The van der Waals surface area contributed by atoms with Crippen LogP contribution in [0.5, 0.6) is 0 Å². The molecule has 0 amide bonds. The minimum atomic E-state index is -0.480. The molecule has 4 rings (SSSR count). The second-order valence-electron chi connectivity index (χ2n) is 6.54. The SMILES string of the molecule is COC(=O)c1cc(-c2ccc(N3CC4(COC4)C3)cc2)cnc1N. The number of ether oxygens (including phenoxy) is 2. The first-order valence-electron chi connectivity index (χ1n) is 7.87. The minimum Gasteiger partial charge on any atom is -0.465 e. The van der Waals surface area contributed by atoms with Crippen LogP contribution < -0.4 is 10.6 Å². The molecular weight excluding hydrogens is 306 g/mol. The molecule has 2 fully saturated rings. The number of carbonyl (C=O) groups excluding carboxylic acids is 1. The molecule has 0 aliphatic carbocycles. The van der Waals surface area contributed by atoms with Gasteiger partial charge in [-0.05, 0) is 23.8 Å². The Balaban J connectivity index is 1.54. The van der Waals surface area contributed by atoms with Crippen molar-refractivity contribution in [1.82, 2.24) is 4.98 Å². The van der Waals surface area contributed by atoms with Crippen molar-refractivity contribution >= 4 is 17.5 Å². The highest BCUT2D eigenvalue weighted by atomic mass is 16.5. The molecule has 124 valence electrons. The third-order valence-electron chi connectivity index (χ3n) is 4.76. The minimum absolute atomic E-state index is 0.177. The van der Waals surface area contributed by atoms with Crippen LogP contribution in [0.25, 0.3) is 11.1 Å². The Hall–Kier alpha value is -2.60. The third-order valence-corrected chi connectivity index (χ3v) is 4.76. The number of esters is 1. The van der Waals surface area contributed by atoms with E-state index in [0.717, 1.165) is 37.4 Å². The van der Waals surface area contributed by atoms with Crippen molar-refractivity contribution in [3.05, 3.63) is 42.1 Å². The number of anilines is 2. The van der Waals surface area contributed by atoms with E-state index < -0.39 is 5.97 Å². The Kier molecular flexibility index (Phi) is 3.42. The Bertz CT molecular complexity index is 777. The predicted octanol–water partition coefficient (Wildman–Crippen LogP) is 1.95. The summed E-state index contributed by atoms with van der Waals surface area (Å²) in [5.41, 5.74) is 9.46. The van der Waals surface area contributed by atoms with Gasteiger partial charge in [0.25, 0.3) is 0 Å². The zero-order valence-corrected chi connectivity index (χ0v) is 13.5. The average Bonchev–Trinajstić information content (AvgIpc) is 2.53. The number of nitrogens with two attached hydrogens (primary N) is 1. The summed E-state index contributed by atoms with van der Waals surface area (Å²) >= 11 is 0. The van der Waals surface area contributed by atoms with Crippen LogP contribution in [-0.2, 0) is 9.47 Å². The number of benzene rings is 1. The van der Waals surface area contributed by atoms with Gasteiger partial charge in [0, 0.05) is 30.5 Å². The van der Waals surface area contributed by atoms with Crippen molar-refractivity contribution in [2.24, 2.45) is 5.41 Å². The summed E-state index contributed by atoms with van der Waals surface area (Å²) in [6, 6.07) is 9.97. The maximum absolute atomic E-state index is 11.7. The van der Waals surface area contributed by atoms with E-state index in [4.69, 9.17) is 15.2 Å². The molecule has 2 aromatic rings. The summed E-state index contributed by atoms with van der Waals surface area (Å²) < 4.78 is 10.0. The highest BCUT2D eigenvalue weighted by Gasteiger charge is 2.48. The van der Waals surface area contributed by atoms with E-state index in [-0.39, 0.29) is 11.4 Å². The quantitative estimate of drug-likeness (QED) is 0.869. The summed E-state index contributed by atoms with van der Waals surface area (Å²) in [5, 5.41) is 0. The number of rotatable bonds is 3. The summed E-state index contributed by atoms with van der Waals surface area (Å²) in [5.74, 6) is -0.303. The molecule has 2 saturated heterocycles. The van der Waals surface area contributed by atoms with Gasteiger partial charge in [-0.15, -0.1) is 0 Å². The van der Waals surface area contributed by atoms with Crippen LogP contribution in [0, 0.1) is 5.41 Å². The molecule has 2 N–H and O–H groups in total. The fraction of sp³-hybridized carbons (Fsp3) is 0.333. The molecule has 0 unspecified atom stereocenters. The number of hydrogen-bond donors (Lipinski definition) is 1. The summed E-state index contributed by atoms with van der Waals surface area (Å²) in [7, 11) is 1.33. The van der Waals surface area contributed by atoms with Gasteiger partial charge in [0.15, 0.2) is 0 Å². The van der Waals surface area contributed by atoms with Crippen LogP contribution in [0.15, 0.2) is 36.5 Å². The van der Waals surface area contributed by atoms with E-state index in [1.54, 1.807) is 12.3 Å². The van der Waals surface area contributed by atoms with Crippen LogP contribution in [0.3, 0.4) is 0 Å². The first-order chi connectivity index (χ1) is 11.6. The predicted molar refractivity (Wildman–Crippen MR) is 90.9 cm³/mol. The van der Waals surface area contributed by atoms with Gasteiger partial charge in [-0.1, -0.05) is 12.1 Å². The fourth-order valence-corrected chi connectivity index (χ4v) is 3.29. The van der Waals surface area contributed by atoms with E-state index in [1.807, 2.05) is 12.1 Å². The number of pyridine rings is 1. The van der Waals surface area contributed by atoms with Crippen molar-refractivity contribution in [3.63, 3.8) is 0 Å². The van der Waals surface area contributed by atoms with E-state index in [2.05, 4.69) is 22.0 Å². The molecule has 1 aromatic heterocycles. The maximum atomic E-state index is 11.7. The number of nitrogen functional groups attached to an aromatic ring is 1. The van der Waals surface area contributed by atoms with Crippen LogP contribution in [-0.4, -0.2) is 44.4 Å². The Morgan fingerprint density at radius 1 is 1.25 bits per heavy atom. The molecule has 1 spiro atoms. The first-order valence-corrected chi connectivity index (χ1v) is 7.87. The second-order valence-corrected chi connectivity index (χ2v) is 6.54. The largest absolute Gasteiger partial charge is 0.465 e. The summed E-state index contributed by atoms with van der Waals surface area (Å²) in [6.07, 6.45) is 1.67. The Morgan fingerprint density at radius 2 is 1.96 bits per heavy atom. The van der Waals surface area contributed by atoms with E-state index in [0.29, 0.717) is 5.41 Å². The Labute approximate surface area is 140 Å². The van der Waals surface area contributed by atoms with E-state index in [1.165, 1.54) is 12.8 Å². The lowest BCUT2D eigenvalue weighted by Crippen LogP contribution is -2.66. The molecule has 2 aliphatic heterocycles. The van der Waals surface area contributed by atoms with Gasteiger partial charge in [-0.25, -0.2) is 9.78 Å². The van der Waals surface area contributed by atoms with Gasteiger partial charge in [0.2, 0.25) is 0 Å². The lowest BCUT2D eigenvalue weighted by molar-refractivity contribution is -0.127. The van der Waals surface area contributed by atoms with Gasteiger partial charge in [0.05, 0.1) is 25.7 Å². The molecule has 2 aliphatic rings. The van der Waals surface area contributed by atoms with Gasteiger partial charge in [-0.2, -0.15) is 0 Å². The summed E-state index contributed by atoms with van der Waals surface area (Å²) in [6.45, 7) is 3.88. The smallest absolute Gasteiger partial charge is 0.341 e. The van der Waals surface area contributed by atoms with Crippen molar-refractivity contribution in [2.75, 3.05) is 44.0 Å². The molecule has 1 aromatic carbocycles. The molecule has 0 atom stereocenters. The lowest BCUT2D eigenvalue weighted by atomic mass is 9.78. The maximum Gasteiger partial charge on any atom is 0.341 e. The molecule has 3 heterocycles. The normalized spacial score (nSPS) is 18.0. The molecule has 0 bridgehead atoms. The van der Waals surface area contributed by atoms with Gasteiger partial charge in [0.1, 0.15) is 11.4 Å². The van der Waals surface area contributed by atoms with Gasteiger partial charge < -0.3 is 20.1 Å².